The number of piperidine rings is 1. The van der Waals surface area contributed by atoms with Crippen molar-refractivity contribution < 1.29 is 9.94 Å². The average molecular weight is 278 g/mol. The topological polar surface area (TPSA) is 84.0 Å². The van der Waals surface area contributed by atoms with Crippen LogP contribution in [0.2, 0.25) is 0 Å². The molecule has 0 saturated carbocycles. The van der Waals surface area contributed by atoms with Crippen LogP contribution in [-0.2, 0) is 4.74 Å². The molecule has 1 atom stereocenters. The highest BCUT2D eigenvalue weighted by molar-refractivity contribution is 6.00. The van der Waals surface area contributed by atoms with Gasteiger partial charge in [0.2, 0.25) is 0 Å². The third-order valence-electron chi connectivity index (χ3n) is 3.41. The van der Waals surface area contributed by atoms with Crippen LogP contribution in [0.1, 0.15) is 31.9 Å². The van der Waals surface area contributed by atoms with Crippen LogP contribution in [0.15, 0.2) is 23.5 Å². The molecule has 20 heavy (non-hydrogen) atoms. The van der Waals surface area contributed by atoms with Gasteiger partial charge in [-0.3, -0.25) is 4.98 Å². The third-order valence-corrected chi connectivity index (χ3v) is 3.41. The van der Waals surface area contributed by atoms with E-state index >= 15 is 0 Å². The smallest absolute Gasteiger partial charge is 0.190 e. The molecule has 0 radical (unpaired) electrons. The molecule has 1 fully saturated rings. The van der Waals surface area contributed by atoms with E-state index in [4.69, 9.17) is 15.7 Å². The van der Waals surface area contributed by atoms with Gasteiger partial charge in [0.05, 0.1) is 11.8 Å². The molecule has 0 spiro atoms. The molecule has 1 aromatic heterocycles. The second kappa shape index (κ2) is 7.09. The molecule has 1 aromatic rings. The number of pyridine rings is 1. The predicted octanol–water partition coefficient (Wildman–Crippen LogP) is 1.57. The van der Waals surface area contributed by atoms with Crippen molar-refractivity contribution in [3.8, 4) is 0 Å². The Labute approximate surface area is 119 Å². The van der Waals surface area contributed by atoms with Crippen LogP contribution in [0.5, 0.6) is 0 Å². The fourth-order valence-electron chi connectivity index (χ4n) is 2.47. The number of nitrogens with two attached hydrogens (primary N) is 1. The number of rotatable bonds is 5. The molecular weight excluding hydrogens is 256 g/mol. The first-order valence-electron chi connectivity index (χ1n) is 7.05. The van der Waals surface area contributed by atoms with E-state index in [1.54, 1.807) is 6.20 Å². The Hall–Kier alpha value is -1.82. The van der Waals surface area contributed by atoms with E-state index < -0.39 is 0 Å². The van der Waals surface area contributed by atoms with Crippen LogP contribution in [-0.4, -0.2) is 41.8 Å². The molecule has 1 saturated heterocycles. The van der Waals surface area contributed by atoms with Gasteiger partial charge in [-0.2, -0.15) is 0 Å². The van der Waals surface area contributed by atoms with Crippen molar-refractivity contribution in [2.75, 3.05) is 24.6 Å². The van der Waals surface area contributed by atoms with Crippen molar-refractivity contribution in [2.45, 2.75) is 32.3 Å². The summed E-state index contributed by atoms with van der Waals surface area (Å²) in [5, 5.41) is 11.9. The fourth-order valence-corrected chi connectivity index (χ4v) is 2.47. The molecule has 0 aliphatic carbocycles. The van der Waals surface area contributed by atoms with Gasteiger partial charge in [-0.25, -0.2) is 0 Å². The second-order valence-electron chi connectivity index (χ2n) is 4.94. The monoisotopic (exact) mass is 278 g/mol. The Morgan fingerprint density at radius 1 is 1.65 bits per heavy atom. The van der Waals surface area contributed by atoms with Crippen molar-refractivity contribution >= 4 is 11.5 Å². The number of nitrogens with zero attached hydrogens (tertiary/aromatic N) is 3. The summed E-state index contributed by atoms with van der Waals surface area (Å²) < 4.78 is 5.84. The third kappa shape index (κ3) is 3.39. The van der Waals surface area contributed by atoms with Gasteiger partial charge in [0.25, 0.3) is 0 Å². The van der Waals surface area contributed by atoms with Crippen molar-refractivity contribution in [1.29, 1.82) is 0 Å². The number of amidine groups is 1. The molecule has 1 aliphatic rings. The number of ether oxygens (including phenoxy) is 1. The minimum Gasteiger partial charge on any atom is -0.409 e. The lowest BCUT2D eigenvalue weighted by Crippen LogP contribution is -2.41. The molecule has 6 heteroatoms. The number of hydrogen-bond donors (Lipinski definition) is 2. The maximum Gasteiger partial charge on any atom is 0.190 e. The maximum absolute atomic E-state index is 8.86. The van der Waals surface area contributed by atoms with Crippen LogP contribution in [0.3, 0.4) is 0 Å². The zero-order chi connectivity index (χ0) is 14.4. The summed E-state index contributed by atoms with van der Waals surface area (Å²) in [5.74, 6) is 0.0391. The average Bonchev–Trinajstić information content (AvgIpc) is 2.52. The highest BCUT2D eigenvalue weighted by Crippen LogP contribution is 2.23. The van der Waals surface area contributed by atoms with Crippen LogP contribution < -0.4 is 10.6 Å². The van der Waals surface area contributed by atoms with Gasteiger partial charge in [0, 0.05) is 25.9 Å². The molecule has 0 aromatic carbocycles. The minimum atomic E-state index is 0.0391. The lowest BCUT2D eigenvalue weighted by Gasteiger charge is -2.34. The molecular formula is C14H22N4O2. The zero-order valence-corrected chi connectivity index (χ0v) is 11.8. The van der Waals surface area contributed by atoms with E-state index in [2.05, 4.69) is 22.0 Å². The van der Waals surface area contributed by atoms with Gasteiger partial charge in [-0.1, -0.05) is 12.1 Å². The van der Waals surface area contributed by atoms with E-state index in [9.17, 15) is 0 Å². The summed E-state index contributed by atoms with van der Waals surface area (Å²) in [6.45, 7) is 4.65. The Morgan fingerprint density at radius 2 is 2.50 bits per heavy atom. The van der Waals surface area contributed by atoms with Crippen molar-refractivity contribution in [1.82, 2.24) is 4.98 Å². The lowest BCUT2D eigenvalue weighted by molar-refractivity contribution is 0.0440. The zero-order valence-electron chi connectivity index (χ0n) is 11.8. The van der Waals surface area contributed by atoms with E-state index in [1.807, 2.05) is 12.1 Å². The number of anilines is 1. The molecule has 1 unspecified atom stereocenters. The van der Waals surface area contributed by atoms with E-state index in [1.165, 1.54) is 0 Å². The number of aromatic nitrogens is 1. The number of oxime groups is 1. The van der Waals surface area contributed by atoms with Gasteiger partial charge in [-0.15, -0.1) is 0 Å². The molecule has 3 N–H and O–H groups in total. The first kappa shape index (κ1) is 14.6. The normalized spacial score (nSPS) is 20.1. The van der Waals surface area contributed by atoms with Crippen LogP contribution >= 0.6 is 0 Å². The SMILES string of the molecule is CCCOC1CCCN(c2cccnc2/C(N)=N/O)C1. The predicted molar refractivity (Wildman–Crippen MR) is 78.2 cm³/mol. The van der Waals surface area contributed by atoms with E-state index in [0.717, 1.165) is 44.6 Å². The minimum absolute atomic E-state index is 0.0391. The van der Waals surface area contributed by atoms with Crippen LogP contribution in [0.4, 0.5) is 5.69 Å². The van der Waals surface area contributed by atoms with Crippen LogP contribution in [0, 0.1) is 0 Å². The van der Waals surface area contributed by atoms with Crippen molar-refractivity contribution in [2.24, 2.45) is 10.9 Å². The fraction of sp³-hybridized carbons (Fsp3) is 0.571. The highest BCUT2D eigenvalue weighted by atomic mass is 16.5. The lowest BCUT2D eigenvalue weighted by atomic mass is 10.1. The Bertz CT molecular complexity index is 464. The molecule has 2 rings (SSSR count). The largest absolute Gasteiger partial charge is 0.409 e. The summed E-state index contributed by atoms with van der Waals surface area (Å²) in [6.07, 6.45) is 5.06. The summed E-state index contributed by atoms with van der Waals surface area (Å²) in [4.78, 5) is 6.41. The van der Waals surface area contributed by atoms with Gasteiger partial charge in [-0.05, 0) is 31.4 Å². The summed E-state index contributed by atoms with van der Waals surface area (Å²) >= 11 is 0. The van der Waals surface area contributed by atoms with Gasteiger partial charge < -0.3 is 20.6 Å². The first-order valence-corrected chi connectivity index (χ1v) is 7.05. The van der Waals surface area contributed by atoms with Crippen molar-refractivity contribution in [3.05, 3.63) is 24.0 Å². The summed E-state index contributed by atoms with van der Waals surface area (Å²) in [5.41, 5.74) is 7.11. The Morgan fingerprint density at radius 3 is 3.25 bits per heavy atom. The van der Waals surface area contributed by atoms with Crippen LogP contribution in [0.25, 0.3) is 0 Å². The molecule has 1 aliphatic heterocycles. The first-order chi connectivity index (χ1) is 9.76. The molecule has 2 heterocycles. The summed E-state index contributed by atoms with van der Waals surface area (Å²) in [7, 11) is 0. The maximum atomic E-state index is 8.86. The van der Waals surface area contributed by atoms with Gasteiger partial charge in [0.15, 0.2) is 5.84 Å². The highest BCUT2D eigenvalue weighted by Gasteiger charge is 2.23. The quantitative estimate of drug-likeness (QED) is 0.370. The second-order valence-corrected chi connectivity index (χ2v) is 4.94. The van der Waals surface area contributed by atoms with Gasteiger partial charge >= 0.3 is 0 Å². The van der Waals surface area contributed by atoms with E-state index in [0.29, 0.717) is 5.69 Å². The molecule has 0 bridgehead atoms. The molecule has 110 valence electrons. The molecule has 0 amide bonds. The number of hydrogen-bond acceptors (Lipinski definition) is 5. The standard InChI is InChI=1S/C14H22N4O2/c1-2-9-20-11-5-4-8-18(10-11)12-6-3-7-16-13(12)14(15)17-19/h3,6-7,11,19H,2,4-5,8-10H2,1H3,(H2,15,17). The Balaban J connectivity index is 2.14. The van der Waals surface area contributed by atoms with Gasteiger partial charge in [0.1, 0.15) is 5.69 Å². The van der Waals surface area contributed by atoms with Crippen molar-refractivity contribution in [3.63, 3.8) is 0 Å². The molecule has 6 nitrogen and oxygen atoms in total. The summed E-state index contributed by atoms with van der Waals surface area (Å²) in [6, 6.07) is 3.81. The Kier molecular flexibility index (Phi) is 5.17. The van der Waals surface area contributed by atoms with E-state index in [-0.39, 0.29) is 11.9 Å².